The number of carbonyl (C=O) groups excluding carboxylic acids is 3. The fraction of sp³-hybridized carbons (Fsp3) is 0.233. The van der Waals surface area contributed by atoms with E-state index in [4.69, 9.17) is 14.5 Å². The molecule has 3 aromatic carbocycles. The maximum atomic E-state index is 13.5. The van der Waals surface area contributed by atoms with Crippen molar-refractivity contribution in [1.82, 2.24) is 10.2 Å². The van der Waals surface area contributed by atoms with Crippen molar-refractivity contribution in [1.29, 1.82) is 0 Å². The Balaban J connectivity index is 1.25. The minimum Gasteiger partial charge on any atom is -0.497 e. The first-order valence-corrected chi connectivity index (χ1v) is 14.0. The summed E-state index contributed by atoms with van der Waals surface area (Å²) in [6, 6.07) is 21.4. The standard InChI is InChI=1S/C30H29N5O5S/c1-39-20-12-14-25(40-2)24(16-20)32-27(37)18-41-30-34-22-11-7-6-10-21(22)28-33-23(29(38)35(28)30)13-15-26(36)31-17-19-8-4-3-5-9-19/h3-12,14,16,23H,13,15,17-18H2,1-2H3,(H,31,36)(H,32,37)/t23-/m1/s1. The highest BCUT2D eigenvalue weighted by molar-refractivity contribution is 8.14. The van der Waals surface area contributed by atoms with Crippen LogP contribution < -0.4 is 20.1 Å². The summed E-state index contributed by atoms with van der Waals surface area (Å²) in [6.45, 7) is 0.420. The maximum Gasteiger partial charge on any atom is 0.259 e. The molecule has 0 aliphatic carbocycles. The van der Waals surface area contributed by atoms with Gasteiger partial charge in [0.05, 0.1) is 31.3 Å². The van der Waals surface area contributed by atoms with E-state index < -0.39 is 6.04 Å². The molecule has 0 saturated carbocycles. The number of hydrogen-bond donors (Lipinski definition) is 2. The van der Waals surface area contributed by atoms with Gasteiger partial charge in [-0.15, -0.1) is 0 Å². The number of nitrogens with one attached hydrogen (secondary N) is 2. The van der Waals surface area contributed by atoms with Gasteiger partial charge in [0.2, 0.25) is 11.8 Å². The zero-order valence-corrected chi connectivity index (χ0v) is 23.4. The SMILES string of the molecule is COc1ccc(OC)c(NC(=O)CSC2=Nc3ccccc3C3=N[C@H](CCC(=O)NCc4ccccc4)C(=O)N23)c1. The van der Waals surface area contributed by atoms with Crippen molar-refractivity contribution in [2.75, 3.05) is 25.3 Å². The second-order valence-electron chi connectivity index (χ2n) is 9.26. The van der Waals surface area contributed by atoms with E-state index in [1.165, 1.54) is 12.0 Å². The van der Waals surface area contributed by atoms with Crippen LogP contribution in [0.5, 0.6) is 11.5 Å². The van der Waals surface area contributed by atoms with E-state index in [1.807, 2.05) is 54.6 Å². The Hall–Kier alpha value is -4.64. The molecule has 2 N–H and O–H groups in total. The highest BCUT2D eigenvalue weighted by atomic mass is 32.2. The quantitative estimate of drug-likeness (QED) is 0.378. The van der Waals surface area contributed by atoms with Gasteiger partial charge in [0.15, 0.2) is 5.17 Å². The first kappa shape index (κ1) is 27.9. The van der Waals surface area contributed by atoms with Crippen LogP contribution in [0.1, 0.15) is 24.0 Å². The lowest BCUT2D eigenvalue weighted by Crippen LogP contribution is -2.41. The number of anilines is 1. The summed E-state index contributed by atoms with van der Waals surface area (Å²) >= 11 is 1.13. The van der Waals surface area contributed by atoms with Crippen LogP contribution in [-0.4, -0.2) is 59.6 Å². The van der Waals surface area contributed by atoms with Crippen molar-refractivity contribution >= 4 is 51.9 Å². The average Bonchev–Trinajstić information content (AvgIpc) is 3.34. The molecule has 0 fully saturated rings. The Morgan fingerprint density at radius 3 is 2.54 bits per heavy atom. The number of fused-ring (bicyclic) bond motifs is 3. The van der Waals surface area contributed by atoms with Crippen LogP contribution in [0.4, 0.5) is 11.4 Å². The lowest BCUT2D eigenvalue weighted by atomic mass is 10.1. The molecular weight excluding hydrogens is 542 g/mol. The highest BCUT2D eigenvalue weighted by Gasteiger charge is 2.41. The molecule has 0 aromatic heterocycles. The molecule has 0 unspecified atom stereocenters. The summed E-state index contributed by atoms with van der Waals surface area (Å²) in [7, 11) is 3.06. The van der Waals surface area contributed by atoms with Crippen molar-refractivity contribution in [2.45, 2.75) is 25.4 Å². The normalized spacial score (nSPS) is 15.3. The van der Waals surface area contributed by atoms with Gasteiger partial charge >= 0.3 is 0 Å². The van der Waals surface area contributed by atoms with E-state index in [1.54, 1.807) is 25.3 Å². The summed E-state index contributed by atoms with van der Waals surface area (Å²) in [5, 5.41) is 6.08. The molecule has 0 bridgehead atoms. The molecule has 0 spiro atoms. The predicted octanol–water partition coefficient (Wildman–Crippen LogP) is 4.13. The van der Waals surface area contributed by atoms with Gasteiger partial charge in [-0.1, -0.05) is 54.2 Å². The maximum absolute atomic E-state index is 13.5. The number of thioether (sulfide) groups is 1. The molecule has 0 saturated heterocycles. The average molecular weight is 572 g/mol. The van der Waals surface area contributed by atoms with Gasteiger partial charge in [-0.3, -0.25) is 19.4 Å². The Bertz CT molecular complexity index is 1520. The lowest BCUT2D eigenvalue weighted by molar-refractivity contribution is -0.125. The third kappa shape index (κ3) is 6.41. The minimum absolute atomic E-state index is 0.00895. The summed E-state index contributed by atoms with van der Waals surface area (Å²) in [6.07, 6.45) is 0.412. The van der Waals surface area contributed by atoms with E-state index >= 15 is 0 Å². The van der Waals surface area contributed by atoms with E-state index in [-0.39, 0.29) is 36.3 Å². The zero-order chi connectivity index (χ0) is 28.8. The first-order valence-electron chi connectivity index (χ1n) is 13.0. The van der Waals surface area contributed by atoms with Gasteiger partial charge in [0.1, 0.15) is 23.4 Å². The van der Waals surface area contributed by atoms with Gasteiger partial charge in [-0.25, -0.2) is 9.89 Å². The zero-order valence-electron chi connectivity index (χ0n) is 22.6. The van der Waals surface area contributed by atoms with Crippen LogP contribution in [0.2, 0.25) is 0 Å². The van der Waals surface area contributed by atoms with Crippen molar-refractivity contribution in [3.05, 3.63) is 83.9 Å². The molecule has 3 aromatic rings. The molecule has 2 aliphatic rings. The van der Waals surface area contributed by atoms with Gasteiger partial charge < -0.3 is 20.1 Å². The summed E-state index contributed by atoms with van der Waals surface area (Å²) < 4.78 is 10.6. The summed E-state index contributed by atoms with van der Waals surface area (Å²) in [5.74, 6) is 0.808. The number of carbonyl (C=O) groups is 3. The molecular formula is C30H29N5O5S. The van der Waals surface area contributed by atoms with Crippen LogP contribution in [0, 0.1) is 0 Å². The number of hydrogen-bond acceptors (Lipinski definition) is 8. The number of ether oxygens (including phenoxy) is 2. The molecule has 10 nitrogen and oxygen atoms in total. The summed E-state index contributed by atoms with van der Waals surface area (Å²) in [4.78, 5) is 49.7. The van der Waals surface area contributed by atoms with Crippen LogP contribution in [0.25, 0.3) is 0 Å². The van der Waals surface area contributed by atoms with E-state index in [2.05, 4.69) is 15.6 Å². The molecule has 41 heavy (non-hydrogen) atoms. The molecule has 3 amide bonds. The third-order valence-corrected chi connectivity index (χ3v) is 7.48. The van der Waals surface area contributed by atoms with Crippen molar-refractivity contribution < 1.29 is 23.9 Å². The largest absolute Gasteiger partial charge is 0.497 e. The van der Waals surface area contributed by atoms with Crippen molar-refractivity contribution in [3.63, 3.8) is 0 Å². The Kier molecular flexibility index (Phi) is 8.64. The molecule has 2 aliphatic heterocycles. The predicted molar refractivity (Wildman–Crippen MR) is 159 cm³/mol. The third-order valence-electron chi connectivity index (χ3n) is 6.54. The van der Waals surface area contributed by atoms with E-state index in [0.29, 0.717) is 40.4 Å². The molecule has 2 heterocycles. The molecule has 210 valence electrons. The number of amidine groups is 2. The Labute approximate surface area is 241 Å². The second kappa shape index (κ2) is 12.7. The van der Waals surface area contributed by atoms with E-state index in [0.717, 1.165) is 22.9 Å². The lowest BCUT2D eigenvalue weighted by Gasteiger charge is -2.25. The Morgan fingerprint density at radius 2 is 1.76 bits per heavy atom. The van der Waals surface area contributed by atoms with Crippen LogP contribution in [0.15, 0.2) is 82.8 Å². The molecule has 11 heteroatoms. The fourth-order valence-electron chi connectivity index (χ4n) is 4.47. The monoisotopic (exact) mass is 571 g/mol. The number of amides is 3. The number of benzene rings is 3. The number of aliphatic imine (C=N–C) groups is 2. The minimum atomic E-state index is -0.723. The van der Waals surface area contributed by atoms with Crippen LogP contribution in [0.3, 0.4) is 0 Å². The van der Waals surface area contributed by atoms with Crippen LogP contribution >= 0.6 is 11.8 Å². The Morgan fingerprint density at radius 1 is 0.976 bits per heavy atom. The van der Waals surface area contributed by atoms with Gasteiger partial charge in [-0.05, 0) is 36.2 Å². The van der Waals surface area contributed by atoms with Crippen LogP contribution in [-0.2, 0) is 20.9 Å². The second-order valence-corrected chi connectivity index (χ2v) is 10.2. The summed E-state index contributed by atoms with van der Waals surface area (Å²) in [5.41, 5.74) is 2.86. The van der Waals surface area contributed by atoms with Gasteiger partial charge in [0, 0.05) is 24.6 Å². The number of methoxy groups -OCH3 is 2. The number of para-hydroxylation sites is 1. The number of nitrogens with zero attached hydrogens (tertiary/aromatic N) is 3. The van der Waals surface area contributed by atoms with Crippen molar-refractivity contribution in [3.8, 4) is 11.5 Å². The topological polar surface area (TPSA) is 122 Å². The smallest absolute Gasteiger partial charge is 0.259 e. The van der Waals surface area contributed by atoms with Crippen molar-refractivity contribution in [2.24, 2.45) is 9.98 Å². The van der Waals surface area contributed by atoms with Gasteiger partial charge in [-0.2, -0.15) is 0 Å². The highest BCUT2D eigenvalue weighted by Crippen LogP contribution is 2.34. The first-order chi connectivity index (χ1) is 20.0. The number of rotatable bonds is 10. The van der Waals surface area contributed by atoms with Gasteiger partial charge in [0.25, 0.3) is 5.91 Å². The van der Waals surface area contributed by atoms with E-state index in [9.17, 15) is 14.4 Å². The molecule has 0 radical (unpaired) electrons. The fourth-order valence-corrected chi connectivity index (χ4v) is 5.27. The molecule has 5 rings (SSSR count). The molecule has 1 atom stereocenters.